The highest BCUT2D eigenvalue weighted by Crippen LogP contribution is 2.36. The Morgan fingerprint density at radius 3 is 1.93 bits per heavy atom. The average molecular weight is 368 g/mol. The standard InChI is InChI=1S/C16H12N2O.C3H9N.2C2H6/c1-17-14-10-6-2-4-8-12(10)18-15-11-7-3-5-9-13(11)19-16(14)15;1-4(2)3;2*1-2/h2-9H,1H3,(H,17,18);1-3H3;2*1-2H3. The number of fused-ring (bicyclic) bond motifs is 4. The maximum atomic E-state index is 5.96. The molecule has 0 spiro atoms. The first-order chi connectivity index (χ1) is 13.1. The fourth-order valence-corrected chi connectivity index (χ4v) is 2.59. The maximum absolute atomic E-state index is 5.96. The van der Waals surface area contributed by atoms with Crippen LogP contribution in [0.2, 0.25) is 0 Å². The van der Waals surface area contributed by atoms with Crippen molar-refractivity contribution in [1.82, 2.24) is 9.88 Å². The first kappa shape index (κ1) is 22.5. The van der Waals surface area contributed by atoms with Crippen LogP contribution in [0.1, 0.15) is 27.7 Å². The smallest absolute Gasteiger partial charge is 0.177 e. The largest absolute Gasteiger partial charge is 0.452 e. The summed E-state index contributed by atoms with van der Waals surface area (Å²) in [5, 5.41) is 5.38. The number of rotatable bonds is 1. The summed E-state index contributed by atoms with van der Waals surface area (Å²) in [4.78, 5) is 6.74. The van der Waals surface area contributed by atoms with Gasteiger partial charge in [-0.05, 0) is 39.3 Å². The number of nitrogens with zero attached hydrogens (tertiary/aromatic N) is 2. The molecule has 2 aromatic carbocycles. The molecule has 0 aliphatic heterocycles. The SMILES string of the molecule is CC.CC.CN(C)C.CNc1c2ccccc2nc2c1oc1ccccc12. The van der Waals surface area contributed by atoms with E-state index in [9.17, 15) is 0 Å². The molecule has 4 nitrogen and oxygen atoms in total. The van der Waals surface area contributed by atoms with Crippen LogP contribution >= 0.6 is 0 Å². The third-order valence-electron chi connectivity index (χ3n) is 3.45. The van der Waals surface area contributed by atoms with Crippen molar-refractivity contribution < 1.29 is 4.42 Å². The predicted octanol–water partition coefficient (Wildman–Crippen LogP) is 6.41. The van der Waals surface area contributed by atoms with Crippen molar-refractivity contribution >= 4 is 38.7 Å². The zero-order valence-corrected chi connectivity index (χ0v) is 17.9. The topological polar surface area (TPSA) is 41.3 Å². The van der Waals surface area contributed by atoms with Gasteiger partial charge in [0.05, 0.1) is 11.2 Å². The van der Waals surface area contributed by atoms with Crippen molar-refractivity contribution in [1.29, 1.82) is 0 Å². The molecular formula is C23H33N3O. The molecule has 4 rings (SSSR count). The molecule has 4 aromatic rings. The van der Waals surface area contributed by atoms with Crippen molar-refractivity contribution in [3.63, 3.8) is 0 Å². The number of anilines is 1. The second-order valence-corrected chi connectivity index (χ2v) is 5.87. The molecule has 0 saturated carbocycles. The Bertz CT molecular complexity index is 955. The highest BCUT2D eigenvalue weighted by atomic mass is 16.3. The zero-order chi connectivity index (χ0) is 20.4. The summed E-state index contributed by atoms with van der Waals surface area (Å²) in [5.41, 5.74) is 4.58. The highest BCUT2D eigenvalue weighted by molar-refractivity contribution is 6.13. The minimum Gasteiger partial charge on any atom is -0.452 e. The number of para-hydroxylation sites is 2. The monoisotopic (exact) mass is 367 g/mol. The van der Waals surface area contributed by atoms with E-state index in [1.54, 1.807) is 0 Å². The molecule has 0 fully saturated rings. The van der Waals surface area contributed by atoms with Gasteiger partial charge in [-0.2, -0.15) is 0 Å². The summed E-state index contributed by atoms with van der Waals surface area (Å²) >= 11 is 0. The molecule has 27 heavy (non-hydrogen) atoms. The minimum absolute atomic E-state index is 0.822. The molecular weight excluding hydrogens is 334 g/mol. The van der Waals surface area contributed by atoms with Gasteiger partial charge in [0.25, 0.3) is 0 Å². The number of hydrogen-bond donors (Lipinski definition) is 1. The maximum Gasteiger partial charge on any atom is 0.177 e. The Hall–Kier alpha value is -2.59. The lowest BCUT2D eigenvalue weighted by Gasteiger charge is -2.05. The molecule has 0 bridgehead atoms. The third-order valence-corrected chi connectivity index (χ3v) is 3.45. The Kier molecular flexibility index (Phi) is 9.31. The van der Waals surface area contributed by atoms with Crippen LogP contribution in [0, 0.1) is 0 Å². The quantitative estimate of drug-likeness (QED) is 0.422. The van der Waals surface area contributed by atoms with Crippen molar-refractivity contribution in [3.8, 4) is 0 Å². The number of hydrogen-bond acceptors (Lipinski definition) is 4. The Morgan fingerprint density at radius 1 is 0.815 bits per heavy atom. The summed E-state index contributed by atoms with van der Waals surface area (Å²) in [6, 6.07) is 16.1. The van der Waals surface area contributed by atoms with Gasteiger partial charge in [-0.3, -0.25) is 0 Å². The van der Waals surface area contributed by atoms with Gasteiger partial charge in [-0.15, -0.1) is 0 Å². The molecule has 0 aliphatic carbocycles. The summed E-state index contributed by atoms with van der Waals surface area (Å²) in [5.74, 6) is 0. The number of furan rings is 1. The van der Waals surface area contributed by atoms with Crippen molar-refractivity contribution in [2.24, 2.45) is 0 Å². The zero-order valence-electron chi connectivity index (χ0n) is 17.9. The van der Waals surface area contributed by atoms with Crippen molar-refractivity contribution in [2.75, 3.05) is 33.5 Å². The van der Waals surface area contributed by atoms with Crippen LogP contribution in [-0.4, -0.2) is 38.1 Å². The van der Waals surface area contributed by atoms with Crippen molar-refractivity contribution in [3.05, 3.63) is 48.5 Å². The number of nitrogens with one attached hydrogen (secondary N) is 1. The predicted molar refractivity (Wildman–Crippen MR) is 121 cm³/mol. The van der Waals surface area contributed by atoms with Gasteiger partial charge in [-0.1, -0.05) is 58.0 Å². The fourth-order valence-electron chi connectivity index (χ4n) is 2.59. The molecule has 4 heteroatoms. The van der Waals surface area contributed by atoms with E-state index in [0.717, 1.165) is 38.7 Å². The molecule has 0 unspecified atom stereocenters. The van der Waals surface area contributed by atoms with E-state index in [0.29, 0.717) is 0 Å². The first-order valence-electron chi connectivity index (χ1n) is 9.60. The van der Waals surface area contributed by atoms with Crippen LogP contribution in [0.3, 0.4) is 0 Å². The lowest BCUT2D eigenvalue weighted by Crippen LogP contribution is -1.99. The molecule has 2 aromatic heterocycles. The number of aromatic nitrogens is 1. The van der Waals surface area contributed by atoms with E-state index in [4.69, 9.17) is 9.40 Å². The lowest BCUT2D eigenvalue weighted by atomic mass is 10.1. The summed E-state index contributed by atoms with van der Waals surface area (Å²) in [6.07, 6.45) is 0. The van der Waals surface area contributed by atoms with E-state index < -0.39 is 0 Å². The Morgan fingerprint density at radius 2 is 1.33 bits per heavy atom. The van der Waals surface area contributed by atoms with Gasteiger partial charge >= 0.3 is 0 Å². The van der Waals surface area contributed by atoms with Crippen LogP contribution in [-0.2, 0) is 0 Å². The Balaban J connectivity index is 0.000000400. The van der Waals surface area contributed by atoms with Crippen molar-refractivity contribution in [2.45, 2.75) is 27.7 Å². The molecule has 0 aliphatic rings. The van der Waals surface area contributed by atoms with Gasteiger partial charge in [0, 0.05) is 17.8 Å². The van der Waals surface area contributed by atoms with Gasteiger partial charge < -0.3 is 14.6 Å². The van der Waals surface area contributed by atoms with Gasteiger partial charge in [0.1, 0.15) is 11.1 Å². The van der Waals surface area contributed by atoms with Gasteiger partial charge in [0.2, 0.25) is 0 Å². The van der Waals surface area contributed by atoms with Crippen LogP contribution in [0.4, 0.5) is 5.69 Å². The second kappa shape index (κ2) is 11.2. The van der Waals surface area contributed by atoms with Crippen LogP contribution in [0.15, 0.2) is 52.9 Å². The lowest BCUT2D eigenvalue weighted by molar-refractivity contribution is 0.505. The summed E-state index contributed by atoms with van der Waals surface area (Å²) in [7, 11) is 7.91. The molecule has 146 valence electrons. The van der Waals surface area contributed by atoms with E-state index in [2.05, 4.69) is 11.4 Å². The molecule has 0 radical (unpaired) electrons. The minimum atomic E-state index is 0.822. The second-order valence-electron chi connectivity index (χ2n) is 5.87. The van der Waals surface area contributed by atoms with Crippen LogP contribution in [0.5, 0.6) is 0 Å². The Labute approximate surface area is 163 Å². The molecule has 0 amide bonds. The summed E-state index contributed by atoms with van der Waals surface area (Å²) in [6.45, 7) is 8.00. The summed E-state index contributed by atoms with van der Waals surface area (Å²) < 4.78 is 5.96. The highest BCUT2D eigenvalue weighted by Gasteiger charge is 2.14. The van der Waals surface area contributed by atoms with E-state index in [1.807, 2.05) is 103 Å². The fraction of sp³-hybridized carbons (Fsp3) is 0.348. The molecule has 2 heterocycles. The van der Waals surface area contributed by atoms with Crippen LogP contribution in [0.25, 0.3) is 33.0 Å². The van der Waals surface area contributed by atoms with Gasteiger partial charge in [0.15, 0.2) is 5.58 Å². The first-order valence-corrected chi connectivity index (χ1v) is 9.60. The van der Waals surface area contributed by atoms with E-state index in [-0.39, 0.29) is 0 Å². The molecule has 0 saturated heterocycles. The molecule has 1 N–H and O–H groups in total. The third kappa shape index (κ3) is 5.20. The van der Waals surface area contributed by atoms with E-state index in [1.165, 1.54) is 0 Å². The van der Waals surface area contributed by atoms with Gasteiger partial charge in [-0.25, -0.2) is 4.98 Å². The van der Waals surface area contributed by atoms with E-state index >= 15 is 0 Å². The van der Waals surface area contributed by atoms with Crippen LogP contribution < -0.4 is 5.32 Å². The molecule has 0 atom stereocenters. The average Bonchev–Trinajstić information content (AvgIpc) is 3.07. The number of pyridine rings is 1. The number of benzene rings is 2. The normalized spacial score (nSPS) is 9.81.